The van der Waals surface area contributed by atoms with Gasteiger partial charge in [0.05, 0.1) is 19.3 Å². The van der Waals surface area contributed by atoms with Crippen LogP contribution in [-0.2, 0) is 9.47 Å². The molecular weight excluding hydrogens is 298 g/mol. The van der Waals surface area contributed by atoms with Crippen LogP contribution in [0.5, 0.6) is 0 Å². The van der Waals surface area contributed by atoms with E-state index in [0.717, 1.165) is 45.2 Å². The summed E-state index contributed by atoms with van der Waals surface area (Å²) in [5, 5.41) is 4.12. The molecule has 2 aliphatic heterocycles. The van der Waals surface area contributed by atoms with Crippen LogP contribution >= 0.6 is 11.8 Å². The van der Waals surface area contributed by atoms with Crippen LogP contribution in [0.1, 0.15) is 26.7 Å². The van der Waals surface area contributed by atoms with Crippen LogP contribution in [-0.4, -0.2) is 74.5 Å². The molecule has 2 atom stereocenters. The summed E-state index contributed by atoms with van der Waals surface area (Å²) in [6, 6.07) is 0. The van der Waals surface area contributed by atoms with Gasteiger partial charge in [-0.1, -0.05) is 13.8 Å². The number of ether oxygens (including phenoxy) is 2. The monoisotopic (exact) mass is 329 g/mol. The average molecular weight is 330 g/mol. The first-order valence-corrected chi connectivity index (χ1v) is 9.52. The first-order chi connectivity index (χ1) is 10.7. The molecule has 0 bridgehead atoms. The maximum absolute atomic E-state index is 5.69. The predicted molar refractivity (Wildman–Crippen MR) is 93.8 cm³/mol. The molecule has 2 heterocycles. The Balaban J connectivity index is 1.64. The second kappa shape index (κ2) is 9.63. The number of hydrogen-bond donors (Lipinski definition) is 1. The third-order valence-electron chi connectivity index (χ3n) is 4.21. The summed E-state index contributed by atoms with van der Waals surface area (Å²) in [4.78, 5) is 6.80. The Morgan fingerprint density at radius 1 is 1.50 bits per heavy atom. The fourth-order valence-electron chi connectivity index (χ4n) is 2.83. The smallest absolute Gasteiger partial charge is 0.193 e. The molecule has 0 spiro atoms. The fourth-order valence-corrected chi connectivity index (χ4v) is 4.13. The van der Waals surface area contributed by atoms with Crippen LogP contribution in [0.4, 0.5) is 0 Å². The Labute approximate surface area is 139 Å². The number of nitrogens with one attached hydrogen (secondary N) is 1. The summed E-state index contributed by atoms with van der Waals surface area (Å²) in [5.74, 6) is 2.89. The zero-order chi connectivity index (χ0) is 15.8. The third kappa shape index (κ3) is 5.63. The highest BCUT2D eigenvalue weighted by molar-refractivity contribution is 8.00. The van der Waals surface area contributed by atoms with Gasteiger partial charge in [-0.3, -0.25) is 4.99 Å². The minimum atomic E-state index is 0.310. The number of aliphatic imine (C=N–C) groups is 1. The molecule has 2 saturated heterocycles. The summed E-state index contributed by atoms with van der Waals surface area (Å²) >= 11 is 2.09. The zero-order valence-electron chi connectivity index (χ0n) is 14.2. The Morgan fingerprint density at radius 2 is 2.36 bits per heavy atom. The van der Waals surface area contributed by atoms with Crippen molar-refractivity contribution in [2.45, 2.75) is 38.0 Å². The molecular formula is C16H31N3O2S. The fraction of sp³-hybridized carbons (Fsp3) is 0.938. The Hall–Kier alpha value is -0.460. The van der Waals surface area contributed by atoms with E-state index in [-0.39, 0.29) is 0 Å². The molecule has 6 heteroatoms. The van der Waals surface area contributed by atoms with E-state index in [2.05, 4.69) is 40.8 Å². The van der Waals surface area contributed by atoms with Gasteiger partial charge in [0.1, 0.15) is 0 Å². The van der Waals surface area contributed by atoms with Crippen molar-refractivity contribution >= 4 is 17.7 Å². The number of hydrogen-bond acceptors (Lipinski definition) is 4. The predicted octanol–water partition coefficient (Wildman–Crippen LogP) is 1.83. The molecule has 2 fully saturated rings. The number of rotatable bonds is 6. The first-order valence-electron chi connectivity index (χ1n) is 8.47. The van der Waals surface area contributed by atoms with Crippen molar-refractivity contribution in [1.82, 2.24) is 10.2 Å². The van der Waals surface area contributed by atoms with Crippen LogP contribution in [0.25, 0.3) is 0 Å². The second-order valence-electron chi connectivity index (χ2n) is 6.28. The average Bonchev–Trinajstić information content (AvgIpc) is 3.04. The van der Waals surface area contributed by atoms with Gasteiger partial charge in [-0.05, 0) is 18.8 Å². The zero-order valence-corrected chi connectivity index (χ0v) is 15.0. The van der Waals surface area contributed by atoms with E-state index in [9.17, 15) is 0 Å². The normalized spacial score (nSPS) is 26.7. The molecule has 22 heavy (non-hydrogen) atoms. The molecule has 0 aliphatic carbocycles. The largest absolute Gasteiger partial charge is 0.377 e. The molecule has 2 unspecified atom stereocenters. The van der Waals surface area contributed by atoms with Crippen molar-refractivity contribution in [3.8, 4) is 0 Å². The standard InChI is InChI=1S/C16H31N3O2S/c1-13(2)15-11-19(7-10-22-15)16(17-3)18-6-9-20-12-14-5-4-8-21-14/h13-15H,4-12H2,1-3H3,(H,17,18). The Kier molecular flexibility index (Phi) is 7.83. The highest BCUT2D eigenvalue weighted by atomic mass is 32.2. The van der Waals surface area contributed by atoms with Gasteiger partial charge in [0.25, 0.3) is 0 Å². The van der Waals surface area contributed by atoms with Gasteiger partial charge in [-0.25, -0.2) is 0 Å². The quantitative estimate of drug-likeness (QED) is 0.458. The summed E-state index contributed by atoms with van der Waals surface area (Å²) < 4.78 is 11.2. The molecule has 0 aromatic carbocycles. The lowest BCUT2D eigenvalue weighted by Gasteiger charge is -2.36. The Bertz CT molecular complexity index is 346. The van der Waals surface area contributed by atoms with Crippen LogP contribution in [0.3, 0.4) is 0 Å². The van der Waals surface area contributed by atoms with Crippen LogP contribution in [0.15, 0.2) is 4.99 Å². The van der Waals surface area contributed by atoms with Crippen molar-refractivity contribution in [3.05, 3.63) is 0 Å². The van der Waals surface area contributed by atoms with E-state index < -0.39 is 0 Å². The molecule has 0 amide bonds. The summed E-state index contributed by atoms with van der Waals surface area (Å²) in [6.45, 7) is 9.87. The van der Waals surface area contributed by atoms with E-state index in [1.807, 2.05) is 7.05 Å². The first kappa shape index (κ1) is 17.9. The SMILES string of the molecule is CN=C(NCCOCC1CCCO1)N1CCSC(C(C)C)C1. The van der Waals surface area contributed by atoms with E-state index in [1.54, 1.807) is 0 Å². The van der Waals surface area contributed by atoms with E-state index in [4.69, 9.17) is 9.47 Å². The highest BCUT2D eigenvalue weighted by Gasteiger charge is 2.24. The lowest BCUT2D eigenvalue weighted by molar-refractivity contribution is 0.0190. The molecule has 1 N–H and O–H groups in total. The third-order valence-corrected chi connectivity index (χ3v) is 5.75. The summed E-state index contributed by atoms with van der Waals surface area (Å²) in [6.07, 6.45) is 2.62. The van der Waals surface area contributed by atoms with Crippen LogP contribution in [0.2, 0.25) is 0 Å². The number of thioether (sulfide) groups is 1. The number of guanidine groups is 1. The maximum atomic E-state index is 5.69. The minimum absolute atomic E-state index is 0.310. The van der Waals surface area contributed by atoms with Crippen molar-refractivity contribution in [3.63, 3.8) is 0 Å². The lowest BCUT2D eigenvalue weighted by atomic mass is 10.1. The maximum Gasteiger partial charge on any atom is 0.193 e. The molecule has 128 valence electrons. The molecule has 2 aliphatic rings. The van der Waals surface area contributed by atoms with E-state index >= 15 is 0 Å². The second-order valence-corrected chi connectivity index (χ2v) is 7.63. The van der Waals surface area contributed by atoms with Gasteiger partial charge in [0.2, 0.25) is 0 Å². The van der Waals surface area contributed by atoms with Gasteiger partial charge in [-0.2, -0.15) is 11.8 Å². The molecule has 5 nitrogen and oxygen atoms in total. The lowest BCUT2D eigenvalue weighted by Crippen LogP contribution is -2.49. The van der Waals surface area contributed by atoms with Crippen LogP contribution in [0, 0.1) is 5.92 Å². The van der Waals surface area contributed by atoms with Gasteiger partial charge in [0.15, 0.2) is 5.96 Å². The highest BCUT2D eigenvalue weighted by Crippen LogP contribution is 2.24. The molecule has 0 aromatic rings. The topological polar surface area (TPSA) is 46.1 Å². The van der Waals surface area contributed by atoms with Gasteiger partial charge in [-0.15, -0.1) is 0 Å². The van der Waals surface area contributed by atoms with Crippen molar-refractivity contribution < 1.29 is 9.47 Å². The number of nitrogens with zero attached hydrogens (tertiary/aromatic N) is 2. The molecule has 0 saturated carbocycles. The van der Waals surface area contributed by atoms with Crippen molar-refractivity contribution in [2.24, 2.45) is 10.9 Å². The van der Waals surface area contributed by atoms with Crippen molar-refractivity contribution in [1.29, 1.82) is 0 Å². The van der Waals surface area contributed by atoms with Crippen LogP contribution < -0.4 is 5.32 Å². The van der Waals surface area contributed by atoms with Gasteiger partial charge in [0, 0.05) is 44.3 Å². The van der Waals surface area contributed by atoms with E-state index in [1.165, 1.54) is 12.2 Å². The molecule has 0 aromatic heterocycles. The summed E-state index contributed by atoms with van der Waals surface area (Å²) in [5.41, 5.74) is 0. The minimum Gasteiger partial charge on any atom is -0.377 e. The van der Waals surface area contributed by atoms with E-state index in [0.29, 0.717) is 23.9 Å². The molecule has 2 rings (SSSR count). The Morgan fingerprint density at radius 3 is 3.05 bits per heavy atom. The molecule has 0 radical (unpaired) electrons. The van der Waals surface area contributed by atoms with Gasteiger partial charge >= 0.3 is 0 Å². The van der Waals surface area contributed by atoms with Gasteiger partial charge < -0.3 is 19.7 Å². The summed E-state index contributed by atoms with van der Waals surface area (Å²) in [7, 11) is 1.86. The van der Waals surface area contributed by atoms with Crippen molar-refractivity contribution in [2.75, 3.05) is 52.3 Å².